The first kappa shape index (κ1) is 12.5. The van der Waals surface area contributed by atoms with Crippen molar-refractivity contribution >= 4 is 0 Å². The fourth-order valence-corrected chi connectivity index (χ4v) is 2.41. The Kier molecular flexibility index (Phi) is 4.07. The van der Waals surface area contributed by atoms with E-state index >= 15 is 0 Å². The standard InChI is InChI=1S/C13H16F2NO/c14-11-7-10(8-12(15)9-11)13-3-1-4-16(13)5-2-6-17/h2,7-9,13,17H,1,3-6H2/t13-/m1/s1. The number of nitrogens with zero attached hydrogens (tertiary/aromatic N) is 1. The van der Waals surface area contributed by atoms with Crippen molar-refractivity contribution in [3.05, 3.63) is 41.8 Å². The van der Waals surface area contributed by atoms with Gasteiger partial charge in [0.1, 0.15) is 11.6 Å². The van der Waals surface area contributed by atoms with Crippen molar-refractivity contribution in [3.8, 4) is 0 Å². The minimum absolute atomic E-state index is 0.0285. The first-order valence-electron chi connectivity index (χ1n) is 5.83. The number of rotatable bonds is 4. The van der Waals surface area contributed by atoms with Crippen LogP contribution < -0.4 is 0 Å². The molecule has 1 atom stereocenters. The molecule has 1 heterocycles. The van der Waals surface area contributed by atoms with Crippen LogP contribution in [-0.4, -0.2) is 29.7 Å². The molecule has 1 N–H and O–H groups in total. The molecule has 1 aromatic carbocycles. The Labute approximate surface area is 99.9 Å². The summed E-state index contributed by atoms with van der Waals surface area (Å²) in [5.74, 6) is -1.06. The van der Waals surface area contributed by atoms with Gasteiger partial charge in [0.2, 0.25) is 0 Å². The molecule has 93 valence electrons. The lowest BCUT2D eigenvalue weighted by Crippen LogP contribution is -2.25. The molecule has 1 aliphatic rings. The molecule has 0 bridgehead atoms. The van der Waals surface area contributed by atoms with E-state index in [9.17, 15) is 8.78 Å². The van der Waals surface area contributed by atoms with Crippen molar-refractivity contribution in [2.45, 2.75) is 18.9 Å². The van der Waals surface area contributed by atoms with Gasteiger partial charge < -0.3 is 5.11 Å². The van der Waals surface area contributed by atoms with E-state index in [4.69, 9.17) is 5.11 Å². The fourth-order valence-electron chi connectivity index (χ4n) is 2.41. The molecule has 1 saturated heterocycles. The zero-order chi connectivity index (χ0) is 12.3. The van der Waals surface area contributed by atoms with Gasteiger partial charge in [0.15, 0.2) is 0 Å². The van der Waals surface area contributed by atoms with Gasteiger partial charge in [0, 0.05) is 31.7 Å². The second-order valence-electron chi connectivity index (χ2n) is 4.33. The van der Waals surface area contributed by atoms with Crippen molar-refractivity contribution < 1.29 is 13.9 Å². The minimum atomic E-state index is -0.530. The van der Waals surface area contributed by atoms with E-state index in [-0.39, 0.29) is 12.6 Å². The first-order valence-corrected chi connectivity index (χ1v) is 5.83. The first-order chi connectivity index (χ1) is 8.20. The van der Waals surface area contributed by atoms with Crippen LogP contribution in [0.3, 0.4) is 0 Å². The predicted molar refractivity (Wildman–Crippen MR) is 61.3 cm³/mol. The van der Waals surface area contributed by atoms with Gasteiger partial charge in [-0.3, -0.25) is 4.90 Å². The van der Waals surface area contributed by atoms with Crippen LogP contribution in [-0.2, 0) is 0 Å². The summed E-state index contributed by atoms with van der Waals surface area (Å²) in [6.45, 7) is 1.58. The van der Waals surface area contributed by atoms with Crippen molar-refractivity contribution in [2.24, 2.45) is 0 Å². The Morgan fingerprint density at radius 2 is 2.00 bits per heavy atom. The predicted octanol–water partition coefficient (Wildman–Crippen LogP) is 2.30. The highest BCUT2D eigenvalue weighted by Gasteiger charge is 2.26. The molecule has 1 fully saturated rings. The second-order valence-corrected chi connectivity index (χ2v) is 4.33. The van der Waals surface area contributed by atoms with Gasteiger partial charge in [0.05, 0.1) is 0 Å². The third-order valence-corrected chi connectivity index (χ3v) is 3.13. The van der Waals surface area contributed by atoms with E-state index in [1.165, 1.54) is 12.1 Å². The molecule has 1 radical (unpaired) electrons. The summed E-state index contributed by atoms with van der Waals surface area (Å²) in [6.07, 6.45) is 3.68. The van der Waals surface area contributed by atoms with E-state index < -0.39 is 11.6 Å². The van der Waals surface area contributed by atoms with E-state index in [1.807, 2.05) is 0 Å². The van der Waals surface area contributed by atoms with Crippen molar-refractivity contribution in [3.63, 3.8) is 0 Å². The highest BCUT2D eigenvalue weighted by atomic mass is 19.1. The van der Waals surface area contributed by atoms with E-state index in [0.717, 1.165) is 25.5 Å². The number of likely N-dealkylation sites (tertiary alicyclic amines) is 1. The number of hydrogen-bond acceptors (Lipinski definition) is 2. The smallest absolute Gasteiger partial charge is 0.126 e. The van der Waals surface area contributed by atoms with Gasteiger partial charge >= 0.3 is 0 Å². The lowest BCUT2D eigenvalue weighted by atomic mass is 10.0. The van der Waals surface area contributed by atoms with Crippen LogP contribution in [0.1, 0.15) is 24.4 Å². The number of aliphatic hydroxyl groups excluding tert-OH is 1. The molecule has 1 aliphatic heterocycles. The summed E-state index contributed by atoms with van der Waals surface area (Å²) in [6, 6.07) is 3.74. The zero-order valence-corrected chi connectivity index (χ0v) is 9.57. The highest BCUT2D eigenvalue weighted by molar-refractivity contribution is 5.22. The number of hydrogen-bond donors (Lipinski definition) is 1. The molecule has 2 rings (SSSR count). The maximum Gasteiger partial charge on any atom is 0.126 e. The molecule has 0 unspecified atom stereocenters. The van der Waals surface area contributed by atoms with Crippen molar-refractivity contribution in [1.29, 1.82) is 0 Å². The van der Waals surface area contributed by atoms with E-state index in [2.05, 4.69) is 4.90 Å². The second kappa shape index (κ2) is 5.56. The molecular weight excluding hydrogens is 224 g/mol. The molecular formula is C13H16F2NO. The summed E-state index contributed by atoms with van der Waals surface area (Å²) < 4.78 is 26.3. The van der Waals surface area contributed by atoms with Gasteiger partial charge in [-0.2, -0.15) is 0 Å². The summed E-state index contributed by atoms with van der Waals surface area (Å²) >= 11 is 0. The Morgan fingerprint density at radius 1 is 1.29 bits per heavy atom. The maximum atomic E-state index is 13.2. The lowest BCUT2D eigenvalue weighted by Gasteiger charge is -2.24. The normalized spacial score (nSPS) is 21.0. The average Bonchev–Trinajstić information content (AvgIpc) is 2.73. The topological polar surface area (TPSA) is 23.5 Å². The fraction of sp³-hybridized carbons (Fsp3) is 0.462. The Bertz CT molecular complexity index is 363. The Hall–Kier alpha value is -1.00. The van der Waals surface area contributed by atoms with Crippen LogP contribution in [0.15, 0.2) is 18.2 Å². The van der Waals surface area contributed by atoms with E-state index in [1.54, 1.807) is 6.42 Å². The Balaban J connectivity index is 2.14. The lowest BCUT2D eigenvalue weighted by molar-refractivity contribution is 0.251. The third-order valence-electron chi connectivity index (χ3n) is 3.13. The summed E-state index contributed by atoms with van der Waals surface area (Å²) in [5, 5.41) is 8.77. The number of halogens is 2. The molecule has 4 heteroatoms. The summed E-state index contributed by atoms with van der Waals surface area (Å²) in [4.78, 5) is 2.13. The van der Waals surface area contributed by atoms with Crippen molar-refractivity contribution in [2.75, 3.05) is 19.7 Å². The quantitative estimate of drug-likeness (QED) is 0.873. The van der Waals surface area contributed by atoms with Crippen LogP contribution in [0, 0.1) is 18.1 Å². The summed E-state index contributed by atoms with van der Waals surface area (Å²) in [7, 11) is 0. The molecule has 0 spiro atoms. The average molecular weight is 240 g/mol. The minimum Gasteiger partial charge on any atom is -0.396 e. The van der Waals surface area contributed by atoms with E-state index in [0.29, 0.717) is 12.1 Å². The monoisotopic (exact) mass is 240 g/mol. The molecule has 0 amide bonds. The van der Waals surface area contributed by atoms with Crippen LogP contribution in [0.5, 0.6) is 0 Å². The van der Waals surface area contributed by atoms with Gasteiger partial charge in [-0.1, -0.05) is 0 Å². The van der Waals surface area contributed by atoms with Gasteiger partial charge in [0.25, 0.3) is 0 Å². The van der Waals surface area contributed by atoms with Crippen LogP contribution in [0.2, 0.25) is 0 Å². The third kappa shape index (κ3) is 3.01. The molecule has 0 saturated carbocycles. The van der Waals surface area contributed by atoms with Gasteiger partial charge in [-0.05, 0) is 37.1 Å². The Morgan fingerprint density at radius 3 is 2.65 bits per heavy atom. The van der Waals surface area contributed by atoms with Gasteiger partial charge in [-0.15, -0.1) is 0 Å². The molecule has 0 aromatic heterocycles. The molecule has 1 aromatic rings. The molecule has 0 aliphatic carbocycles. The SMILES string of the molecule is OC[CH]CN1CCC[C@@H]1c1cc(F)cc(F)c1. The van der Waals surface area contributed by atoms with Gasteiger partial charge in [-0.25, -0.2) is 8.78 Å². The number of aliphatic hydroxyl groups is 1. The largest absolute Gasteiger partial charge is 0.396 e. The highest BCUT2D eigenvalue weighted by Crippen LogP contribution is 2.32. The zero-order valence-electron chi connectivity index (χ0n) is 9.57. The molecule has 17 heavy (non-hydrogen) atoms. The molecule has 2 nitrogen and oxygen atoms in total. The van der Waals surface area contributed by atoms with Crippen LogP contribution in [0.4, 0.5) is 8.78 Å². The van der Waals surface area contributed by atoms with Crippen LogP contribution >= 0.6 is 0 Å². The van der Waals surface area contributed by atoms with Crippen molar-refractivity contribution in [1.82, 2.24) is 4.90 Å². The number of benzene rings is 1. The summed E-state index contributed by atoms with van der Waals surface area (Å²) in [5.41, 5.74) is 0.686. The maximum absolute atomic E-state index is 13.2. The van der Waals surface area contributed by atoms with Crippen LogP contribution in [0.25, 0.3) is 0 Å².